The molecule has 2 N–H and O–H groups in total. The highest BCUT2D eigenvalue weighted by Crippen LogP contribution is 2.22. The number of imidazole rings is 1. The van der Waals surface area contributed by atoms with Gasteiger partial charge in [0.1, 0.15) is 11.3 Å². The van der Waals surface area contributed by atoms with Crippen LogP contribution in [0.15, 0.2) is 36.4 Å². The van der Waals surface area contributed by atoms with Gasteiger partial charge < -0.3 is 10.3 Å². The van der Waals surface area contributed by atoms with E-state index in [-0.39, 0.29) is 0 Å². The summed E-state index contributed by atoms with van der Waals surface area (Å²) in [6.45, 7) is 0. The molecule has 0 bridgehead atoms. The Hall–Kier alpha value is -1.09. The maximum absolute atomic E-state index is 4.64. The molecule has 0 atom stereocenters. The van der Waals surface area contributed by atoms with Crippen LogP contribution in [0.25, 0.3) is 23.2 Å². The van der Waals surface area contributed by atoms with E-state index in [0.29, 0.717) is 0 Å². The average molecular weight is 501 g/mol. The van der Waals surface area contributed by atoms with Gasteiger partial charge in [-0.3, -0.25) is 0 Å². The first-order valence-corrected chi connectivity index (χ1v) is 8.62. The normalized spacial score (nSPS) is 11.4. The van der Waals surface area contributed by atoms with Gasteiger partial charge in [-0.05, 0) is 81.1 Å². The third kappa shape index (κ3) is 3.39. The van der Waals surface area contributed by atoms with Crippen LogP contribution >= 0.6 is 45.2 Å². The number of aromatic amines is 1. The number of rotatable bonds is 3. The van der Waals surface area contributed by atoms with Crippen LogP contribution in [0, 0.1) is 7.14 Å². The van der Waals surface area contributed by atoms with Crippen LogP contribution in [-0.4, -0.2) is 17.0 Å². The minimum Gasteiger partial charge on any atom is -0.388 e. The molecule has 0 saturated carbocycles. The van der Waals surface area contributed by atoms with E-state index in [0.717, 1.165) is 28.1 Å². The predicted octanol–water partition coefficient (Wildman–Crippen LogP) is 4.98. The summed E-state index contributed by atoms with van der Waals surface area (Å²) < 4.78 is 2.38. The van der Waals surface area contributed by atoms with Crippen molar-refractivity contribution in [3.8, 4) is 0 Å². The SMILES string of the molecule is CNc1ccc(/C=C/c2nc3c(I)cc(I)cc3[nH]2)cc1. The van der Waals surface area contributed by atoms with Crippen LogP contribution < -0.4 is 5.32 Å². The van der Waals surface area contributed by atoms with Crippen LogP contribution in [0.1, 0.15) is 11.4 Å². The maximum Gasteiger partial charge on any atom is 0.131 e. The Kier molecular flexibility index (Phi) is 4.48. The van der Waals surface area contributed by atoms with Crippen LogP contribution in [0.2, 0.25) is 0 Å². The van der Waals surface area contributed by atoms with Crippen molar-refractivity contribution < 1.29 is 0 Å². The van der Waals surface area contributed by atoms with Gasteiger partial charge >= 0.3 is 0 Å². The second-order valence-electron chi connectivity index (χ2n) is 4.61. The summed E-state index contributed by atoms with van der Waals surface area (Å²) in [7, 11) is 1.92. The summed E-state index contributed by atoms with van der Waals surface area (Å²) in [6, 6.07) is 12.5. The zero-order valence-electron chi connectivity index (χ0n) is 11.3. The number of hydrogen-bond acceptors (Lipinski definition) is 2. The quantitative estimate of drug-likeness (QED) is 0.498. The van der Waals surface area contributed by atoms with Gasteiger partial charge in [-0.15, -0.1) is 0 Å². The molecule has 3 rings (SSSR count). The third-order valence-electron chi connectivity index (χ3n) is 3.16. The summed E-state index contributed by atoms with van der Waals surface area (Å²) in [5, 5.41) is 3.11. The fraction of sp³-hybridized carbons (Fsp3) is 0.0625. The van der Waals surface area contributed by atoms with Crippen molar-refractivity contribution in [2.75, 3.05) is 12.4 Å². The molecule has 0 aliphatic carbocycles. The average Bonchev–Trinajstić information content (AvgIpc) is 2.89. The highest BCUT2D eigenvalue weighted by atomic mass is 127. The predicted molar refractivity (Wildman–Crippen MR) is 106 cm³/mol. The highest BCUT2D eigenvalue weighted by molar-refractivity contribution is 14.1. The summed E-state index contributed by atoms with van der Waals surface area (Å²) >= 11 is 4.65. The van der Waals surface area contributed by atoms with E-state index in [2.05, 4.69) is 103 Å². The van der Waals surface area contributed by atoms with E-state index in [4.69, 9.17) is 0 Å². The van der Waals surface area contributed by atoms with E-state index in [9.17, 15) is 0 Å². The molecule has 0 aliphatic rings. The summed E-state index contributed by atoms with van der Waals surface area (Å²) in [5.41, 5.74) is 4.37. The number of anilines is 1. The fourth-order valence-electron chi connectivity index (χ4n) is 2.08. The maximum atomic E-state index is 4.64. The molecular weight excluding hydrogens is 488 g/mol. The molecule has 1 heterocycles. The number of aromatic nitrogens is 2. The van der Waals surface area contributed by atoms with E-state index in [1.54, 1.807) is 0 Å². The molecule has 106 valence electrons. The Labute approximate surface area is 150 Å². The Balaban J connectivity index is 1.90. The molecule has 0 saturated heterocycles. The van der Waals surface area contributed by atoms with Gasteiger partial charge in [-0.2, -0.15) is 0 Å². The van der Waals surface area contributed by atoms with E-state index in [1.165, 1.54) is 7.14 Å². The van der Waals surface area contributed by atoms with E-state index < -0.39 is 0 Å². The number of benzene rings is 2. The Morgan fingerprint density at radius 2 is 1.86 bits per heavy atom. The molecule has 0 radical (unpaired) electrons. The summed E-state index contributed by atoms with van der Waals surface area (Å²) in [6.07, 6.45) is 4.08. The zero-order chi connectivity index (χ0) is 14.8. The molecule has 0 aliphatic heterocycles. The first-order chi connectivity index (χ1) is 10.2. The largest absolute Gasteiger partial charge is 0.388 e. The lowest BCUT2D eigenvalue weighted by Crippen LogP contribution is -1.86. The van der Waals surface area contributed by atoms with Crippen molar-refractivity contribution in [1.29, 1.82) is 0 Å². The van der Waals surface area contributed by atoms with E-state index >= 15 is 0 Å². The topological polar surface area (TPSA) is 40.7 Å². The van der Waals surface area contributed by atoms with Crippen molar-refractivity contribution in [1.82, 2.24) is 9.97 Å². The number of fused-ring (bicyclic) bond motifs is 1. The monoisotopic (exact) mass is 501 g/mol. The molecule has 0 amide bonds. The molecule has 0 unspecified atom stereocenters. The number of nitrogens with one attached hydrogen (secondary N) is 2. The second-order valence-corrected chi connectivity index (χ2v) is 7.02. The van der Waals surface area contributed by atoms with Crippen molar-refractivity contribution >= 4 is 74.1 Å². The first-order valence-electron chi connectivity index (χ1n) is 6.46. The molecule has 0 spiro atoms. The smallest absolute Gasteiger partial charge is 0.131 e. The van der Waals surface area contributed by atoms with Crippen molar-refractivity contribution in [2.45, 2.75) is 0 Å². The molecule has 3 aromatic rings. The number of nitrogens with zero attached hydrogens (tertiary/aromatic N) is 1. The minimum atomic E-state index is 0.877. The van der Waals surface area contributed by atoms with Crippen LogP contribution in [0.4, 0.5) is 5.69 Å². The highest BCUT2D eigenvalue weighted by Gasteiger charge is 2.05. The van der Waals surface area contributed by atoms with Crippen molar-refractivity contribution in [2.24, 2.45) is 0 Å². The van der Waals surface area contributed by atoms with Gasteiger partial charge in [0.25, 0.3) is 0 Å². The van der Waals surface area contributed by atoms with Gasteiger partial charge in [0.2, 0.25) is 0 Å². The molecule has 2 aromatic carbocycles. The third-order valence-corrected chi connectivity index (χ3v) is 4.60. The van der Waals surface area contributed by atoms with Gasteiger partial charge in [0.15, 0.2) is 0 Å². The lowest BCUT2D eigenvalue weighted by molar-refractivity contribution is 1.29. The molecular formula is C16H13I2N3. The van der Waals surface area contributed by atoms with Gasteiger partial charge in [0.05, 0.1) is 5.52 Å². The fourth-order valence-corrected chi connectivity index (χ4v) is 4.04. The second kappa shape index (κ2) is 6.35. The number of halogens is 2. The molecule has 5 heteroatoms. The van der Waals surface area contributed by atoms with Crippen LogP contribution in [0.5, 0.6) is 0 Å². The lowest BCUT2D eigenvalue weighted by atomic mass is 10.2. The van der Waals surface area contributed by atoms with Crippen LogP contribution in [0.3, 0.4) is 0 Å². The lowest BCUT2D eigenvalue weighted by Gasteiger charge is -1.98. The molecule has 21 heavy (non-hydrogen) atoms. The van der Waals surface area contributed by atoms with Crippen molar-refractivity contribution in [3.05, 3.63) is 54.9 Å². The Morgan fingerprint density at radius 1 is 1.10 bits per heavy atom. The zero-order valence-corrected chi connectivity index (χ0v) is 15.6. The molecule has 0 fully saturated rings. The Bertz CT molecular complexity index is 804. The van der Waals surface area contributed by atoms with Gasteiger partial charge in [-0.25, -0.2) is 4.98 Å². The molecule has 1 aromatic heterocycles. The first kappa shape index (κ1) is 14.8. The number of H-pyrrole nitrogens is 1. The van der Waals surface area contributed by atoms with Gasteiger partial charge in [0, 0.05) is 19.9 Å². The van der Waals surface area contributed by atoms with Crippen molar-refractivity contribution in [3.63, 3.8) is 0 Å². The molecule has 3 nitrogen and oxygen atoms in total. The number of hydrogen-bond donors (Lipinski definition) is 2. The van der Waals surface area contributed by atoms with E-state index in [1.807, 2.05) is 13.1 Å². The van der Waals surface area contributed by atoms with Gasteiger partial charge in [-0.1, -0.05) is 18.2 Å². The minimum absolute atomic E-state index is 0.877. The standard InChI is InChI=1S/C16H13I2N3/c1-19-12-5-2-10(3-6-12)4-7-15-20-14-9-11(17)8-13(18)16(14)21-15/h2-9,19H,1H3,(H,20,21)/b7-4+. The Morgan fingerprint density at radius 3 is 2.57 bits per heavy atom. The summed E-state index contributed by atoms with van der Waals surface area (Å²) in [5.74, 6) is 0.877. The summed E-state index contributed by atoms with van der Waals surface area (Å²) in [4.78, 5) is 7.99. The van der Waals surface area contributed by atoms with Crippen LogP contribution in [-0.2, 0) is 0 Å².